The molecule has 132 valence electrons. The summed E-state index contributed by atoms with van der Waals surface area (Å²) in [5.41, 5.74) is 8.25. The summed E-state index contributed by atoms with van der Waals surface area (Å²) >= 11 is 0. The minimum atomic E-state index is 0.0586. The van der Waals surface area contributed by atoms with Crippen molar-refractivity contribution in [3.63, 3.8) is 0 Å². The normalized spacial score (nSPS) is 30.8. The van der Waals surface area contributed by atoms with Crippen molar-refractivity contribution in [2.24, 2.45) is 11.3 Å². The molecule has 0 aromatic heterocycles. The fourth-order valence-corrected chi connectivity index (χ4v) is 6.40. The third kappa shape index (κ3) is 1.77. The van der Waals surface area contributed by atoms with E-state index in [4.69, 9.17) is 4.74 Å². The van der Waals surface area contributed by atoms with Crippen LogP contribution in [0.4, 0.5) is 0 Å². The average Bonchev–Trinajstić information content (AvgIpc) is 3.00. The minimum Gasteiger partial charge on any atom is -0.462 e. The molecule has 1 spiro atoms. The second-order valence-corrected chi connectivity index (χ2v) is 8.45. The molecule has 1 aliphatic heterocycles. The largest absolute Gasteiger partial charge is 0.462 e. The van der Waals surface area contributed by atoms with E-state index < -0.39 is 0 Å². The van der Waals surface area contributed by atoms with Gasteiger partial charge in [0.05, 0.1) is 5.41 Å². The number of hydrogen-bond donors (Lipinski definition) is 0. The monoisotopic (exact) mass is 342 g/mol. The van der Waals surface area contributed by atoms with Crippen LogP contribution in [0.5, 0.6) is 0 Å². The average molecular weight is 342 g/mol. The number of hydrogen-bond acceptors (Lipinski definition) is 1. The molecule has 1 atom stereocenters. The van der Waals surface area contributed by atoms with Crippen molar-refractivity contribution in [1.82, 2.24) is 0 Å². The van der Waals surface area contributed by atoms with Gasteiger partial charge in [0.15, 0.2) is 0 Å². The van der Waals surface area contributed by atoms with Gasteiger partial charge in [0.2, 0.25) is 0 Å². The van der Waals surface area contributed by atoms with Gasteiger partial charge in [0.1, 0.15) is 11.5 Å². The van der Waals surface area contributed by atoms with Gasteiger partial charge in [-0.3, -0.25) is 0 Å². The van der Waals surface area contributed by atoms with Crippen molar-refractivity contribution in [3.8, 4) is 0 Å². The maximum absolute atomic E-state index is 6.50. The lowest BCUT2D eigenvalue weighted by molar-refractivity contribution is 0.149. The zero-order chi connectivity index (χ0) is 17.1. The van der Waals surface area contributed by atoms with Crippen molar-refractivity contribution >= 4 is 0 Å². The maximum atomic E-state index is 6.50. The smallest absolute Gasteiger partial charge is 0.127 e. The molecule has 0 N–H and O–H groups in total. The van der Waals surface area contributed by atoms with Gasteiger partial charge < -0.3 is 4.74 Å². The first-order valence-electron chi connectivity index (χ1n) is 10.5. The van der Waals surface area contributed by atoms with Crippen molar-refractivity contribution in [2.75, 3.05) is 0 Å². The van der Waals surface area contributed by atoms with Gasteiger partial charge in [-0.25, -0.2) is 0 Å². The summed E-state index contributed by atoms with van der Waals surface area (Å²) in [5.74, 6) is 2.89. The maximum Gasteiger partial charge on any atom is 0.127 e. The molecule has 1 heteroatoms. The van der Waals surface area contributed by atoms with Gasteiger partial charge in [-0.2, -0.15) is 0 Å². The first kappa shape index (κ1) is 15.1. The van der Waals surface area contributed by atoms with E-state index in [9.17, 15) is 0 Å². The molecular formula is C25H26O. The Morgan fingerprint density at radius 2 is 1.50 bits per heavy atom. The molecule has 26 heavy (non-hydrogen) atoms. The molecule has 0 aromatic carbocycles. The van der Waals surface area contributed by atoms with Crippen molar-refractivity contribution in [3.05, 3.63) is 81.9 Å². The highest BCUT2D eigenvalue weighted by molar-refractivity contribution is 5.69. The van der Waals surface area contributed by atoms with Gasteiger partial charge in [0.25, 0.3) is 0 Å². The van der Waals surface area contributed by atoms with Crippen molar-refractivity contribution in [1.29, 1.82) is 0 Å². The van der Waals surface area contributed by atoms with Gasteiger partial charge in [-0.15, -0.1) is 0 Å². The van der Waals surface area contributed by atoms with E-state index >= 15 is 0 Å². The third-order valence-corrected chi connectivity index (χ3v) is 7.30. The highest BCUT2D eigenvalue weighted by Crippen LogP contribution is 2.66. The fraction of sp³-hybridized carbons (Fsp3) is 0.440. The molecule has 0 saturated carbocycles. The first-order valence-corrected chi connectivity index (χ1v) is 10.5. The Balaban J connectivity index is 1.70. The van der Waals surface area contributed by atoms with Crippen LogP contribution in [0.25, 0.3) is 0 Å². The number of allylic oxidation sites excluding steroid dienone is 13. The standard InChI is InChI=1S/C25H26O/c1-3-11-19-17(9-1)18-10-2-4-12-20(18)25(19)21-13-5-7-15-23(21)26-24-16-8-6-14-22(24)25/h3-4,7,11-12,15-16,22H,1-2,5-6,8-10,13-14H2. The van der Waals surface area contributed by atoms with E-state index in [1.54, 1.807) is 27.9 Å². The van der Waals surface area contributed by atoms with Crippen LogP contribution in [0, 0.1) is 11.3 Å². The molecule has 0 radical (unpaired) electrons. The van der Waals surface area contributed by atoms with Crippen LogP contribution in [-0.2, 0) is 4.74 Å². The van der Waals surface area contributed by atoms with Gasteiger partial charge in [-0.05, 0) is 97.8 Å². The van der Waals surface area contributed by atoms with Gasteiger partial charge in [0, 0.05) is 5.92 Å². The molecule has 0 aromatic rings. The molecule has 1 nitrogen and oxygen atoms in total. The summed E-state index contributed by atoms with van der Waals surface area (Å²) in [6.07, 6.45) is 27.6. The first-order chi connectivity index (χ1) is 12.9. The van der Waals surface area contributed by atoms with Crippen LogP contribution in [0.2, 0.25) is 0 Å². The Morgan fingerprint density at radius 3 is 2.27 bits per heavy atom. The van der Waals surface area contributed by atoms with Crippen LogP contribution in [0.15, 0.2) is 81.9 Å². The fourth-order valence-electron chi connectivity index (χ4n) is 6.40. The number of rotatable bonds is 0. The zero-order valence-corrected chi connectivity index (χ0v) is 15.4. The Kier molecular flexibility index (Phi) is 3.18. The Labute approximate surface area is 156 Å². The summed E-state index contributed by atoms with van der Waals surface area (Å²) in [6, 6.07) is 0. The Bertz CT molecular complexity index is 858. The van der Waals surface area contributed by atoms with Crippen LogP contribution in [-0.4, -0.2) is 0 Å². The van der Waals surface area contributed by atoms with Gasteiger partial charge in [-0.1, -0.05) is 30.4 Å². The molecule has 0 amide bonds. The molecule has 1 heterocycles. The van der Waals surface area contributed by atoms with Crippen LogP contribution in [0.1, 0.15) is 57.8 Å². The number of fused-ring (bicyclic) bond motifs is 6. The molecule has 0 saturated heterocycles. The predicted octanol–water partition coefficient (Wildman–Crippen LogP) is 6.60. The Hall–Kier alpha value is -2.02. The molecule has 6 rings (SSSR count). The van der Waals surface area contributed by atoms with E-state index in [2.05, 4.69) is 42.5 Å². The lowest BCUT2D eigenvalue weighted by Crippen LogP contribution is -2.42. The molecule has 0 fully saturated rings. The molecular weight excluding hydrogens is 316 g/mol. The van der Waals surface area contributed by atoms with Gasteiger partial charge >= 0.3 is 0 Å². The van der Waals surface area contributed by atoms with Crippen molar-refractivity contribution < 1.29 is 4.74 Å². The summed E-state index contributed by atoms with van der Waals surface area (Å²) in [7, 11) is 0. The summed E-state index contributed by atoms with van der Waals surface area (Å²) in [6.45, 7) is 0. The van der Waals surface area contributed by atoms with E-state index in [1.165, 1.54) is 44.3 Å². The van der Waals surface area contributed by atoms with Crippen molar-refractivity contribution in [2.45, 2.75) is 57.8 Å². The summed E-state index contributed by atoms with van der Waals surface area (Å²) in [4.78, 5) is 0. The SMILES string of the molecule is C1=CC2=C(CC1)C1=C(C=CCC1)C21C2=C(C=CCC2)OC2=CCCCC21. The predicted molar refractivity (Wildman–Crippen MR) is 105 cm³/mol. The minimum absolute atomic E-state index is 0.0586. The van der Waals surface area contributed by atoms with E-state index in [0.29, 0.717) is 5.92 Å². The highest BCUT2D eigenvalue weighted by atomic mass is 16.5. The molecule has 5 aliphatic carbocycles. The third-order valence-electron chi connectivity index (χ3n) is 7.30. The molecule has 1 unspecified atom stereocenters. The number of ether oxygens (including phenoxy) is 1. The van der Waals surface area contributed by atoms with E-state index in [-0.39, 0.29) is 5.41 Å². The van der Waals surface area contributed by atoms with Crippen LogP contribution >= 0.6 is 0 Å². The lowest BCUT2D eigenvalue weighted by atomic mass is 9.56. The molecule has 6 aliphatic rings. The summed E-state index contributed by atoms with van der Waals surface area (Å²) < 4.78 is 6.50. The van der Waals surface area contributed by atoms with E-state index in [0.717, 1.165) is 25.0 Å². The van der Waals surface area contributed by atoms with Crippen LogP contribution in [0.3, 0.4) is 0 Å². The second-order valence-electron chi connectivity index (χ2n) is 8.45. The topological polar surface area (TPSA) is 9.23 Å². The lowest BCUT2D eigenvalue weighted by Gasteiger charge is -2.50. The van der Waals surface area contributed by atoms with Crippen LogP contribution < -0.4 is 0 Å². The second kappa shape index (κ2) is 5.49. The Morgan fingerprint density at radius 1 is 0.808 bits per heavy atom. The highest BCUT2D eigenvalue weighted by Gasteiger charge is 2.57. The summed E-state index contributed by atoms with van der Waals surface area (Å²) in [5, 5.41) is 0. The molecule has 0 bridgehead atoms. The quantitative estimate of drug-likeness (QED) is 0.482. The van der Waals surface area contributed by atoms with E-state index in [1.807, 2.05) is 0 Å². The zero-order valence-electron chi connectivity index (χ0n) is 15.4.